The summed E-state index contributed by atoms with van der Waals surface area (Å²) in [5, 5.41) is 1.93. The fourth-order valence-electron chi connectivity index (χ4n) is 1.73. The number of aryl methyl sites for hydroxylation is 2. The minimum atomic E-state index is -0.194. The monoisotopic (exact) mass is 310 g/mol. The molecule has 6 heteroatoms. The van der Waals surface area contributed by atoms with Gasteiger partial charge in [-0.2, -0.15) is 0 Å². The van der Waals surface area contributed by atoms with Gasteiger partial charge < -0.3 is 4.74 Å². The first-order valence-corrected chi connectivity index (χ1v) is 8.36. The number of carbonyl (C=O) groups is 1. The number of esters is 1. The molecule has 2 rings (SSSR count). The van der Waals surface area contributed by atoms with E-state index in [9.17, 15) is 4.79 Å². The number of hydrogen-bond donors (Lipinski definition) is 0. The Balaban J connectivity index is 2.12. The molecule has 0 fully saturated rings. The summed E-state index contributed by atoms with van der Waals surface area (Å²) in [6.07, 6.45) is 2.36. The number of aromatic nitrogens is 2. The molecule has 0 saturated carbocycles. The highest BCUT2D eigenvalue weighted by molar-refractivity contribution is 8.00. The van der Waals surface area contributed by atoms with Crippen LogP contribution in [0, 0.1) is 13.8 Å². The molecule has 2 aromatic heterocycles. The lowest BCUT2D eigenvalue weighted by Gasteiger charge is -2.10. The summed E-state index contributed by atoms with van der Waals surface area (Å²) in [5.41, 5.74) is 1.20. The fourth-order valence-corrected chi connectivity index (χ4v) is 3.63. The molecule has 2 heterocycles. The zero-order chi connectivity index (χ0) is 14.7. The second-order valence-electron chi connectivity index (χ2n) is 4.64. The van der Waals surface area contributed by atoms with Gasteiger partial charge in [-0.05, 0) is 32.8 Å². The SMILES string of the molecule is CCC(C)OC(=O)CSc1ncnc2sc(C)c(C)c12. The Bertz CT molecular complexity index is 625. The van der Waals surface area contributed by atoms with Gasteiger partial charge in [-0.1, -0.05) is 18.7 Å². The lowest BCUT2D eigenvalue weighted by Crippen LogP contribution is -2.15. The molecular weight excluding hydrogens is 292 g/mol. The number of carbonyl (C=O) groups excluding carboxylic acids is 1. The Hall–Kier alpha value is -1.14. The highest BCUT2D eigenvalue weighted by Crippen LogP contribution is 2.34. The highest BCUT2D eigenvalue weighted by Gasteiger charge is 2.14. The molecule has 0 aliphatic carbocycles. The summed E-state index contributed by atoms with van der Waals surface area (Å²) in [4.78, 5) is 22.5. The Labute approximate surface area is 127 Å². The van der Waals surface area contributed by atoms with E-state index in [-0.39, 0.29) is 17.8 Å². The summed E-state index contributed by atoms with van der Waals surface area (Å²) in [5.74, 6) is 0.0887. The Morgan fingerprint density at radius 2 is 2.20 bits per heavy atom. The molecule has 0 radical (unpaired) electrons. The Kier molecular flexibility index (Phi) is 4.99. The molecule has 0 aliphatic rings. The third-order valence-corrected chi connectivity index (χ3v) is 5.24. The Morgan fingerprint density at radius 3 is 2.90 bits per heavy atom. The van der Waals surface area contributed by atoms with Gasteiger partial charge in [0, 0.05) is 10.3 Å². The van der Waals surface area contributed by atoms with Crippen LogP contribution in [0.1, 0.15) is 30.7 Å². The van der Waals surface area contributed by atoms with Crippen molar-refractivity contribution in [1.82, 2.24) is 9.97 Å². The Morgan fingerprint density at radius 1 is 1.45 bits per heavy atom. The van der Waals surface area contributed by atoms with Crippen molar-refractivity contribution >= 4 is 39.3 Å². The van der Waals surface area contributed by atoms with Gasteiger partial charge >= 0.3 is 5.97 Å². The molecular formula is C14H18N2O2S2. The molecule has 0 amide bonds. The predicted octanol–water partition coefficient (Wildman–Crippen LogP) is 3.74. The summed E-state index contributed by atoms with van der Waals surface area (Å²) >= 11 is 3.08. The van der Waals surface area contributed by atoms with E-state index in [4.69, 9.17) is 4.74 Å². The molecule has 0 saturated heterocycles. The number of thiophene rings is 1. The minimum absolute atomic E-state index is 0.0290. The second-order valence-corrected chi connectivity index (χ2v) is 6.81. The fraction of sp³-hybridized carbons (Fsp3) is 0.500. The topological polar surface area (TPSA) is 52.1 Å². The zero-order valence-electron chi connectivity index (χ0n) is 12.1. The maximum absolute atomic E-state index is 11.7. The van der Waals surface area contributed by atoms with Crippen LogP contribution in [0.3, 0.4) is 0 Å². The van der Waals surface area contributed by atoms with Crippen LogP contribution < -0.4 is 0 Å². The maximum atomic E-state index is 11.7. The standard InChI is InChI=1S/C14H18N2O2S2/c1-5-8(2)18-11(17)6-19-13-12-9(3)10(4)20-14(12)16-7-15-13/h7-8H,5-6H2,1-4H3. The third-order valence-electron chi connectivity index (χ3n) is 3.16. The second kappa shape index (κ2) is 6.54. The van der Waals surface area contributed by atoms with Crippen LogP contribution in [-0.2, 0) is 9.53 Å². The highest BCUT2D eigenvalue weighted by atomic mass is 32.2. The van der Waals surface area contributed by atoms with Gasteiger partial charge in [0.1, 0.15) is 16.2 Å². The number of hydrogen-bond acceptors (Lipinski definition) is 6. The van der Waals surface area contributed by atoms with E-state index < -0.39 is 0 Å². The molecule has 0 aromatic carbocycles. The van der Waals surface area contributed by atoms with Gasteiger partial charge in [0.2, 0.25) is 0 Å². The van der Waals surface area contributed by atoms with Gasteiger partial charge in [0.25, 0.3) is 0 Å². The van der Waals surface area contributed by atoms with Gasteiger partial charge in [-0.25, -0.2) is 9.97 Å². The quantitative estimate of drug-likeness (QED) is 0.478. The van der Waals surface area contributed by atoms with E-state index in [2.05, 4.69) is 23.8 Å². The van der Waals surface area contributed by atoms with Crippen LogP contribution in [0.4, 0.5) is 0 Å². The van der Waals surface area contributed by atoms with E-state index >= 15 is 0 Å². The van der Waals surface area contributed by atoms with Gasteiger partial charge in [0.05, 0.1) is 11.9 Å². The summed E-state index contributed by atoms with van der Waals surface area (Å²) in [6, 6.07) is 0. The van der Waals surface area contributed by atoms with Crippen molar-refractivity contribution < 1.29 is 9.53 Å². The molecule has 2 aromatic rings. The summed E-state index contributed by atoms with van der Waals surface area (Å²) in [7, 11) is 0. The van der Waals surface area contributed by atoms with Crippen molar-refractivity contribution in [3.63, 3.8) is 0 Å². The van der Waals surface area contributed by atoms with Crippen molar-refractivity contribution in [3.05, 3.63) is 16.8 Å². The van der Waals surface area contributed by atoms with Crippen molar-refractivity contribution in [2.24, 2.45) is 0 Å². The maximum Gasteiger partial charge on any atom is 0.316 e. The van der Waals surface area contributed by atoms with Crippen molar-refractivity contribution in [2.75, 3.05) is 5.75 Å². The zero-order valence-corrected chi connectivity index (χ0v) is 13.7. The number of nitrogens with zero attached hydrogens (tertiary/aromatic N) is 2. The van der Waals surface area contributed by atoms with Crippen molar-refractivity contribution in [1.29, 1.82) is 0 Å². The summed E-state index contributed by atoms with van der Waals surface area (Å²) in [6.45, 7) is 8.04. The predicted molar refractivity (Wildman–Crippen MR) is 83.5 cm³/mol. The molecule has 1 atom stereocenters. The minimum Gasteiger partial charge on any atom is -0.462 e. The summed E-state index contributed by atoms with van der Waals surface area (Å²) < 4.78 is 5.27. The molecule has 20 heavy (non-hydrogen) atoms. The number of fused-ring (bicyclic) bond motifs is 1. The van der Waals surface area contributed by atoms with E-state index in [1.165, 1.54) is 22.2 Å². The largest absolute Gasteiger partial charge is 0.462 e. The van der Waals surface area contributed by atoms with Gasteiger partial charge in [-0.3, -0.25) is 4.79 Å². The average Bonchev–Trinajstić information content (AvgIpc) is 2.72. The van der Waals surface area contributed by atoms with Crippen LogP contribution in [-0.4, -0.2) is 27.8 Å². The first kappa shape index (κ1) is 15.3. The normalized spacial score (nSPS) is 12.6. The van der Waals surface area contributed by atoms with Crippen LogP contribution in [0.25, 0.3) is 10.2 Å². The number of thioether (sulfide) groups is 1. The molecule has 0 aliphatic heterocycles. The van der Waals surface area contributed by atoms with Crippen LogP contribution >= 0.6 is 23.1 Å². The molecule has 0 N–H and O–H groups in total. The van der Waals surface area contributed by atoms with Crippen LogP contribution in [0.2, 0.25) is 0 Å². The first-order chi connectivity index (χ1) is 9.52. The van der Waals surface area contributed by atoms with Crippen LogP contribution in [0.15, 0.2) is 11.4 Å². The lowest BCUT2D eigenvalue weighted by atomic mass is 10.2. The van der Waals surface area contributed by atoms with Gasteiger partial charge in [0.15, 0.2) is 0 Å². The van der Waals surface area contributed by atoms with E-state index in [1.54, 1.807) is 17.7 Å². The molecule has 4 nitrogen and oxygen atoms in total. The number of rotatable bonds is 5. The van der Waals surface area contributed by atoms with Crippen molar-refractivity contribution in [2.45, 2.75) is 45.2 Å². The van der Waals surface area contributed by atoms with E-state index in [0.29, 0.717) is 0 Å². The molecule has 0 spiro atoms. The first-order valence-electron chi connectivity index (χ1n) is 6.55. The van der Waals surface area contributed by atoms with Crippen molar-refractivity contribution in [3.8, 4) is 0 Å². The number of ether oxygens (including phenoxy) is 1. The lowest BCUT2D eigenvalue weighted by molar-refractivity contribution is -0.144. The third kappa shape index (κ3) is 3.30. The molecule has 108 valence electrons. The van der Waals surface area contributed by atoms with E-state index in [1.807, 2.05) is 13.8 Å². The molecule has 1 unspecified atom stereocenters. The molecule has 0 bridgehead atoms. The van der Waals surface area contributed by atoms with E-state index in [0.717, 1.165) is 21.7 Å². The smallest absolute Gasteiger partial charge is 0.316 e. The van der Waals surface area contributed by atoms with Gasteiger partial charge in [-0.15, -0.1) is 11.3 Å². The van der Waals surface area contributed by atoms with Crippen LogP contribution in [0.5, 0.6) is 0 Å². The average molecular weight is 310 g/mol.